The van der Waals surface area contributed by atoms with Crippen molar-refractivity contribution in [2.75, 3.05) is 11.9 Å². The fraction of sp³-hybridized carbons (Fsp3) is 0.400. The van der Waals surface area contributed by atoms with E-state index in [2.05, 4.69) is 17.2 Å². The Balaban J connectivity index is 1.83. The molecular formula is C25H27F4N3O2S. The van der Waals surface area contributed by atoms with Gasteiger partial charge in [0, 0.05) is 13.0 Å². The molecule has 2 amide bonds. The molecule has 188 valence electrons. The normalized spacial score (nSPS) is 17.6. The summed E-state index contributed by atoms with van der Waals surface area (Å²) in [5.74, 6) is -1.54. The molecule has 2 aromatic carbocycles. The van der Waals surface area contributed by atoms with Crippen LogP contribution in [0, 0.1) is 5.82 Å². The summed E-state index contributed by atoms with van der Waals surface area (Å²) >= 11 is 0.992. The Bertz CT molecular complexity index is 1070. The predicted octanol–water partition coefficient (Wildman–Crippen LogP) is 6.78. The molecule has 0 spiro atoms. The SMILES string of the molecule is CCCCCCCN1C(=O)CC(C(=O)Nc2ccccc2F)SC1=Nc1cccc(C(F)(F)F)c1. The second-order valence-corrected chi connectivity index (χ2v) is 9.35. The van der Waals surface area contributed by atoms with Crippen LogP contribution in [0.25, 0.3) is 0 Å². The third kappa shape index (κ3) is 7.55. The number of unbranched alkanes of at least 4 members (excludes halogenated alkanes) is 4. The zero-order valence-corrected chi connectivity index (χ0v) is 20.1. The lowest BCUT2D eigenvalue weighted by atomic mass is 10.1. The Kier molecular flexibility index (Phi) is 9.31. The van der Waals surface area contributed by atoms with Crippen molar-refractivity contribution in [3.63, 3.8) is 0 Å². The molecule has 35 heavy (non-hydrogen) atoms. The Hall–Kier alpha value is -2.88. The number of carbonyl (C=O) groups excluding carboxylic acids is 2. The fourth-order valence-corrected chi connectivity index (χ4v) is 4.70. The molecule has 10 heteroatoms. The van der Waals surface area contributed by atoms with Crippen molar-refractivity contribution in [2.45, 2.75) is 56.9 Å². The van der Waals surface area contributed by atoms with Crippen molar-refractivity contribution in [1.82, 2.24) is 4.90 Å². The summed E-state index contributed by atoms with van der Waals surface area (Å²) in [5, 5.41) is 1.74. The van der Waals surface area contributed by atoms with Crippen LogP contribution in [0.4, 0.5) is 28.9 Å². The number of aliphatic imine (C=N–C) groups is 1. The van der Waals surface area contributed by atoms with E-state index in [4.69, 9.17) is 0 Å². The maximum Gasteiger partial charge on any atom is 0.416 e. The molecule has 1 atom stereocenters. The first kappa shape index (κ1) is 26.7. The molecule has 3 rings (SSSR count). The molecule has 1 fully saturated rings. The second-order valence-electron chi connectivity index (χ2n) is 8.18. The number of amidine groups is 1. The molecular weight excluding hydrogens is 482 g/mol. The molecule has 5 nitrogen and oxygen atoms in total. The molecule has 1 saturated heterocycles. The summed E-state index contributed by atoms with van der Waals surface area (Å²) in [7, 11) is 0. The van der Waals surface area contributed by atoms with E-state index in [9.17, 15) is 27.2 Å². The number of hydrogen-bond acceptors (Lipinski definition) is 4. The highest BCUT2D eigenvalue weighted by Crippen LogP contribution is 2.34. The first-order chi connectivity index (χ1) is 16.7. The fourth-order valence-electron chi connectivity index (χ4n) is 3.57. The van der Waals surface area contributed by atoms with Crippen LogP contribution in [0.1, 0.15) is 51.0 Å². The van der Waals surface area contributed by atoms with Crippen LogP contribution in [-0.2, 0) is 15.8 Å². The molecule has 1 aliphatic rings. The molecule has 0 bridgehead atoms. The standard InChI is InChI=1S/C25H27F4N3O2S/c1-2-3-4-5-8-14-32-22(33)16-21(23(34)31-20-13-7-6-12-19(20)26)35-24(32)30-18-11-9-10-17(15-18)25(27,28)29/h6-7,9-13,15,21H,2-5,8,14,16H2,1H3,(H,31,34). The number of benzene rings is 2. The van der Waals surface area contributed by atoms with Gasteiger partial charge in [0.2, 0.25) is 11.8 Å². The van der Waals surface area contributed by atoms with Gasteiger partial charge >= 0.3 is 6.18 Å². The number of para-hydroxylation sites is 1. The topological polar surface area (TPSA) is 61.8 Å². The zero-order chi connectivity index (χ0) is 25.4. The number of thioether (sulfide) groups is 1. The smallest absolute Gasteiger partial charge is 0.323 e. The van der Waals surface area contributed by atoms with Crippen molar-refractivity contribution in [1.29, 1.82) is 0 Å². The van der Waals surface area contributed by atoms with E-state index in [0.717, 1.165) is 49.6 Å². The van der Waals surface area contributed by atoms with E-state index < -0.39 is 28.7 Å². The lowest BCUT2D eigenvalue weighted by Crippen LogP contribution is -2.45. The number of nitrogens with zero attached hydrogens (tertiary/aromatic N) is 2. The van der Waals surface area contributed by atoms with Gasteiger partial charge in [-0.3, -0.25) is 14.5 Å². The van der Waals surface area contributed by atoms with Crippen LogP contribution >= 0.6 is 11.8 Å². The maximum absolute atomic E-state index is 14.0. The summed E-state index contributed by atoms with van der Waals surface area (Å²) in [4.78, 5) is 31.5. The van der Waals surface area contributed by atoms with E-state index in [1.54, 1.807) is 6.07 Å². The van der Waals surface area contributed by atoms with Gasteiger partial charge in [-0.15, -0.1) is 0 Å². The van der Waals surface area contributed by atoms with Gasteiger partial charge in [0.1, 0.15) is 11.1 Å². The monoisotopic (exact) mass is 509 g/mol. The molecule has 1 unspecified atom stereocenters. The quantitative estimate of drug-likeness (QED) is 0.300. The minimum Gasteiger partial charge on any atom is -0.323 e. The summed E-state index contributed by atoms with van der Waals surface area (Å²) in [5.41, 5.74) is -0.840. The summed E-state index contributed by atoms with van der Waals surface area (Å²) < 4.78 is 53.4. The van der Waals surface area contributed by atoms with E-state index in [-0.39, 0.29) is 28.9 Å². The van der Waals surface area contributed by atoms with Crippen LogP contribution in [0.3, 0.4) is 0 Å². The Labute approximate surface area is 206 Å². The van der Waals surface area contributed by atoms with Gasteiger partial charge in [-0.1, -0.05) is 62.6 Å². The Morgan fingerprint density at radius 1 is 1.11 bits per heavy atom. The lowest BCUT2D eigenvalue weighted by Gasteiger charge is -2.32. The van der Waals surface area contributed by atoms with Crippen molar-refractivity contribution in [3.05, 3.63) is 59.9 Å². The van der Waals surface area contributed by atoms with Crippen LogP contribution in [0.2, 0.25) is 0 Å². The van der Waals surface area contributed by atoms with Crippen molar-refractivity contribution in [3.8, 4) is 0 Å². The minimum absolute atomic E-state index is 0.0136. The molecule has 0 aliphatic carbocycles. The number of hydrogen-bond donors (Lipinski definition) is 1. The van der Waals surface area contributed by atoms with Crippen molar-refractivity contribution < 1.29 is 27.2 Å². The summed E-state index contributed by atoms with van der Waals surface area (Å²) in [6.45, 7) is 2.45. The van der Waals surface area contributed by atoms with E-state index in [0.29, 0.717) is 13.0 Å². The summed E-state index contributed by atoms with van der Waals surface area (Å²) in [6, 6.07) is 10.2. The van der Waals surface area contributed by atoms with Crippen molar-refractivity contribution >= 4 is 40.1 Å². The average molecular weight is 510 g/mol. The molecule has 0 radical (unpaired) electrons. The first-order valence-corrected chi connectivity index (χ1v) is 12.4. The number of rotatable bonds is 9. The number of alkyl halides is 3. The Morgan fingerprint density at radius 3 is 2.57 bits per heavy atom. The van der Waals surface area contributed by atoms with Gasteiger partial charge in [-0.05, 0) is 36.8 Å². The van der Waals surface area contributed by atoms with Gasteiger partial charge in [0.15, 0.2) is 5.17 Å². The number of halogens is 4. The minimum atomic E-state index is -4.53. The van der Waals surface area contributed by atoms with Gasteiger partial charge < -0.3 is 5.32 Å². The van der Waals surface area contributed by atoms with Gasteiger partial charge in [-0.25, -0.2) is 9.38 Å². The van der Waals surface area contributed by atoms with Crippen LogP contribution in [0.5, 0.6) is 0 Å². The van der Waals surface area contributed by atoms with Crippen LogP contribution < -0.4 is 5.32 Å². The lowest BCUT2D eigenvalue weighted by molar-refractivity contribution is -0.137. The van der Waals surface area contributed by atoms with Crippen LogP contribution in [-0.4, -0.2) is 33.7 Å². The van der Waals surface area contributed by atoms with Crippen LogP contribution in [0.15, 0.2) is 53.5 Å². The number of nitrogens with one attached hydrogen (secondary N) is 1. The highest BCUT2D eigenvalue weighted by Gasteiger charge is 2.36. The largest absolute Gasteiger partial charge is 0.416 e. The van der Waals surface area contributed by atoms with E-state index in [1.165, 1.54) is 35.2 Å². The molecule has 2 aromatic rings. The zero-order valence-electron chi connectivity index (χ0n) is 19.3. The molecule has 1 heterocycles. The predicted molar refractivity (Wildman–Crippen MR) is 130 cm³/mol. The molecule has 0 saturated carbocycles. The molecule has 1 aliphatic heterocycles. The average Bonchev–Trinajstić information content (AvgIpc) is 2.81. The van der Waals surface area contributed by atoms with Crippen molar-refractivity contribution in [2.24, 2.45) is 4.99 Å². The first-order valence-electron chi connectivity index (χ1n) is 11.5. The number of amides is 2. The molecule has 0 aromatic heterocycles. The third-order valence-electron chi connectivity index (χ3n) is 5.45. The number of carbonyl (C=O) groups is 2. The van der Waals surface area contributed by atoms with E-state index >= 15 is 0 Å². The highest BCUT2D eigenvalue weighted by molar-refractivity contribution is 8.15. The van der Waals surface area contributed by atoms with E-state index in [1.807, 2.05) is 0 Å². The van der Waals surface area contributed by atoms with Gasteiger partial charge in [0.05, 0.1) is 16.9 Å². The van der Waals surface area contributed by atoms with Gasteiger partial charge in [0.25, 0.3) is 0 Å². The summed E-state index contributed by atoms with van der Waals surface area (Å²) in [6.07, 6.45) is 0.107. The van der Waals surface area contributed by atoms with Gasteiger partial charge in [-0.2, -0.15) is 13.2 Å². The number of anilines is 1. The third-order valence-corrected chi connectivity index (χ3v) is 6.64. The maximum atomic E-state index is 14.0. The molecule has 1 N–H and O–H groups in total. The Morgan fingerprint density at radius 2 is 1.86 bits per heavy atom. The highest BCUT2D eigenvalue weighted by atomic mass is 32.2. The second kappa shape index (κ2) is 12.2.